The number of benzene rings is 1. The fourth-order valence-corrected chi connectivity index (χ4v) is 2.53. The van der Waals surface area contributed by atoms with Crippen molar-refractivity contribution in [3.8, 4) is 5.75 Å². The second kappa shape index (κ2) is 7.62. The van der Waals surface area contributed by atoms with Crippen LogP contribution in [0.1, 0.15) is 18.1 Å². The monoisotopic (exact) mass is 278 g/mol. The topological polar surface area (TPSA) is 33.7 Å². The smallest absolute Gasteiger partial charge is 0.123 e. The standard InChI is InChI=1S/C16H26N2O2/c1-13-10-15-11-14(4-5-16(15)20-13)12-18(2)8-6-17-7-9-19-3/h4-5,11,13,17H,6-10,12H2,1-3H3. The Morgan fingerprint density at radius 2 is 2.25 bits per heavy atom. The highest BCUT2D eigenvalue weighted by Crippen LogP contribution is 2.29. The molecule has 0 radical (unpaired) electrons. The van der Waals surface area contributed by atoms with E-state index in [0.717, 1.165) is 45.0 Å². The average molecular weight is 278 g/mol. The molecule has 1 unspecified atom stereocenters. The number of hydrogen-bond donors (Lipinski definition) is 1. The lowest BCUT2D eigenvalue weighted by molar-refractivity contribution is 0.197. The quantitative estimate of drug-likeness (QED) is 0.734. The number of fused-ring (bicyclic) bond motifs is 1. The third-order valence-corrected chi connectivity index (χ3v) is 3.57. The Morgan fingerprint density at radius 1 is 1.40 bits per heavy atom. The second-order valence-electron chi connectivity index (χ2n) is 5.56. The van der Waals surface area contributed by atoms with Gasteiger partial charge in [0.1, 0.15) is 11.9 Å². The van der Waals surface area contributed by atoms with Crippen LogP contribution in [0.5, 0.6) is 5.75 Å². The zero-order valence-corrected chi connectivity index (χ0v) is 12.8. The third-order valence-electron chi connectivity index (χ3n) is 3.57. The number of methoxy groups -OCH3 is 1. The summed E-state index contributed by atoms with van der Waals surface area (Å²) in [5.74, 6) is 1.06. The van der Waals surface area contributed by atoms with Crippen molar-refractivity contribution in [1.29, 1.82) is 0 Å². The molecule has 1 aliphatic rings. The molecule has 0 saturated carbocycles. The van der Waals surface area contributed by atoms with Gasteiger partial charge in [-0.15, -0.1) is 0 Å². The first-order valence-corrected chi connectivity index (χ1v) is 7.35. The first kappa shape index (κ1) is 15.3. The van der Waals surface area contributed by atoms with E-state index in [-0.39, 0.29) is 0 Å². The zero-order valence-electron chi connectivity index (χ0n) is 12.8. The summed E-state index contributed by atoms with van der Waals surface area (Å²) in [6.45, 7) is 6.81. The van der Waals surface area contributed by atoms with Gasteiger partial charge in [-0.2, -0.15) is 0 Å². The predicted molar refractivity (Wildman–Crippen MR) is 81.3 cm³/mol. The first-order valence-electron chi connectivity index (χ1n) is 7.35. The van der Waals surface area contributed by atoms with E-state index in [9.17, 15) is 0 Å². The van der Waals surface area contributed by atoms with Crippen LogP contribution < -0.4 is 10.1 Å². The minimum absolute atomic E-state index is 0.322. The van der Waals surface area contributed by atoms with E-state index in [2.05, 4.69) is 42.4 Å². The van der Waals surface area contributed by atoms with Gasteiger partial charge in [-0.05, 0) is 31.2 Å². The Hall–Kier alpha value is -1.10. The van der Waals surface area contributed by atoms with Gasteiger partial charge in [0.15, 0.2) is 0 Å². The highest BCUT2D eigenvalue weighted by atomic mass is 16.5. The maximum absolute atomic E-state index is 5.73. The summed E-state index contributed by atoms with van der Waals surface area (Å²) in [6.07, 6.45) is 1.36. The van der Waals surface area contributed by atoms with Gasteiger partial charge in [0.2, 0.25) is 0 Å². The normalized spacial score (nSPS) is 17.3. The van der Waals surface area contributed by atoms with Gasteiger partial charge in [0.25, 0.3) is 0 Å². The van der Waals surface area contributed by atoms with Crippen LogP contribution >= 0.6 is 0 Å². The Balaban J connectivity index is 1.74. The molecule has 1 heterocycles. The maximum atomic E-state index is 5.73. The molecule has 0 aliphatic carbocycles. The maximum Gasteiger partial charge on any atom is 0.123 e. The molecule has 1 aromatic carbocycles. The highest BCUT2D eigenvalue weighted by molar-refractivity contribution is 5.40. The molecule has 20 heavy (non-hydrogen) atoms. The van der Waals surface area contributed by atoms with Gasteiger partial charge in [-0.3, -0.25) is 0 Å². The van der Waals surface area contributed by atoms with Crippen molar-refractivity contribution in [1.82, 2.24) is 10.2 Å². The van der Waals surface area contributed by atoms with Crippen molar-refractivity contribution in [2.45, 2.75) is 26.0 Å². The van der Waals surface area contributed by atoms with Crippen LogP contribution in [-0.2, 0) is 17.7 Å². The molecule has 0 amide bonds. The summed E-state index contributed by atoms with van der Waals surface area (Å²) in [5, 5.41) is 3.36. The lowest BCUT2D eigenvalue weighted by Gasteiger charge is -2.17. The molecule has 2 rings (SSSR count). The Morgan fingerprint density at radius 3 is 3.05 bits per heavy atom. The molecule has 112 valence electrons. The van der Waals surface area contributed by atoms with Gasteiger partial charge in [-0.25, -0.2) is 0 Å². The van der Waals surface area contributed by atoms with Crippen molar-refractivity contribution in [3.63, 3.8) is 0 Å². The van der Waals surface area contributed by atoms with E-state index < -0.39 is 0 Å². The SMILES string of the molecule is COCCNCCN(C)Cc1ccc2c(c1)CC(C)O2. The van der Waals surface area contributed by atoms with Gasteiger partial charge < -0.3 is 19.7 Å². The third kappa shape index (κ3) is 4.47. The van der Waals surface area contributed by atoms with E-state index in [4.69, 9.17) is 9.47 Å². The van der Waals surface area contributed by atoms with Crippen molar-refractivity contribution in [3.05, 3.63) is 29.3 Å². The number of nitrogens with one attached hydrogen (secondary N) is 1. The molecule has 1 N–H and O–H groups in total. The summed E-state index contributed by atoms with van der Waals surface area (Å²) in [6, 6.07) is 6.57. The minimum Gasteiger partial charge on any atom is -0.490 e. The van der Waals surface area contributed by atoms with Crippen molar-refractivity contribution in [2.24, 2.45) is 0 Å². The summed E-state index contributed by atoms with van der Waals surface area (Å²) >= 11 is 0. The van der Waals surface area contributed by atoms with Gasteiger partial charge in [0, 0.05) is 39.7 Å². The van der Waals surface area contributed by atoms with Gasteiger partial charge in [0.05, 0.1) is 6.61 Å². The minimum atomic E-state index is 0.322. The lowest BCUT2D eigenvalue weighted by Crippen LogP contribution is -2.30. The van der Waals surface area contributed by atoms with E-state index in [0.29, 0.717) is 6.10 Å². The van der Waals surface area contributed by atoms with Crippen LogP contribution in [0.2, 0.25) is 0 Å². The molecule has 4 nitrogen and oxygen atoms in total. The molecule has 0 aromatic heterocycles. The lowest BCUT2D eigenvalue weighted by atomic mass is 10.1. The van der Waals surface area contributed by atoms with Crippen LogP contribution in [-0.4, -0.2) is 51.4 Å². The Kier molecular flexibility index (Phi) is 5.83. The van der Waals surface area contributed by atoms with Crippen LogP contribution in [0.25, 0.3) is 0 Å². The van der Waals surface area contributed by atoms with E-state index in [1.54, 1.807) is 7.11 Å². The van der Waals surface area contributed by atoms with E-state index in [1.165, 1.54) is 11.1 Å². The molecule has 4 heteroatoms. The molecule has 1 aromatic rings. The van der Waals surface area contributed by atoms with Crippen LogP contribution in [0.15, 0.2) is 18.2 Å². The fourth-order valence-electron chi connectivity index (χ4n) is 2.53. The van der Waals surface area contributed by atoms with Crippen LogP contribution in [0, 0.1) is 0 Å². The average Bonchev–Trinajstić information content (AvgIpc) is 2.78. The summed E-state index contributed by atoms with van der Waals surface area (Å²) in [7, 11) is 3.89. The van der Waals surface area contributed by atoms with E-state index in [1.807, 2.05) is 0 Å². The van der Waals surface area contributed by atoms with E-state index >= 15 is 0 Å². The molecule has 1 aliphatic heterocycles. The number of hydrogen-bond acceptors (Lipinski definition) is 4. The zero-order chi connectivity index (χ0) is 14.4. The summed E-state index contributed by atoms with van der Waals surface area (Å²) in [4.78, 5) is 2.33. The van der Waals surface area contributed by atoms with Crippen LogP contribution in [0.3, 0.4) is 0 Å². The Labute approximate surface area is 122 Å². The number of ether oxygens (including phenoxy) is 2. The summed E-state index contributed by atoms with van der Waals surface area (Å²) < 4.78 is 10.7. The van der Waals surface area contributed by atoms with Crippen molar-refractivity contribution < 1.29 is 9.47 Å². The largest absolute Gasteiger partial charge is 0.490 e. The van der Waals surface area contributed by atoms with Gasteiger partial charge in [-0.1, -0.05) is 12.1 Å². The second-order valence-corrected chi connectivity index (χ2v) is 5.56. The number of likely N-dealkylation sites (N-methyl/N-ethyl adjacent to an activating group) is 1. The fraction of sp³-hybridized carbons (Fsp3) is 0.625. The molecule has 0 bridgehead atoms. The Bertz CT molecular complexity index is 423. The molecular weight excluding hydrogens is 252 g/mol. The summed E-state index contributed by atoms with van der Waals surface area (Å²) in [5.41, 5.74) is 2.71. The number of rotatable bonds is 8. The van der Waals surface area contributed by atoms with Crippen LogP contribution in [0.4, 0.5) is 0 Å². The molecular formula is C16H26N2O2. The highest BCUT2D eigenvalue weighted by Gasteiger charge is 2.18. The molecule has 0 fully saturated rings. The molecule has 0 spiro atoms. The van der Waals surface area contributed by atoms with Gasteiger partial charge >= 0.3 is 0 Å². The first-order chi connectivity index (χ1) is 9.69. The predicted octanol–water partition coefficient (Wildman–Crippen LogP) is 1.68. The molecule has 0 saturated heterocycles. The number of nitrogens with zero attached hydrogens (tertiary/aromatic N) is 1. The molecule has 1 atom stereocenters. The van der Waals surface area contributed by atoms with Crippen molar-refractivity contribution in [2.75, 3.05) is 40.4 Å². The van der Waals surface area contributed by atoms with Crippen molar-refractivity contribution >= 4 is 0 Å².